The van der Waals surface area contributed by atoms with Crippen molar-refractivity contribution in [3.8, 4) is 11.3 Å². The fourth-order valence-corrected chi connectivity index (χ4v) is 2.72. The van der Waals surface area contributed by atoms with Crippen molar-refractivity contribution in [2.24, 2.45) is 0 Å². The van der Waals surface area contributed by atoms with E-state index in [1.807, 2.05) is 24.3 Å². The minimum Gasteiger partial charge on any atom is -0.352 e. The molecule has 0 bridgehead atoms. The van der Waals surface area contributed by atoms with Gasteiger partial charge in [-0.1, -0.05) is 23.7 Å². The number of hydrogen-bond acceptors (Lipinski definition) is 3. The Morgan fingerprint density at radius 1 is 1.32 bits per heavy atom. The van der Waals surface area contributed by atoms with Crippen LogP contribution >= 0.6 is 11.6 Å². The Kier molecular flexibility index (Phi) is 6.10. The molecule has 0 radical (unpaired) electrons. The molecule has 1 amide bonds. The van der Waals surface area contributed by atoms with E-state index in [1.54, 1.807) is 24.6 Å². The lowest BCUT2D eigenvalue weighted by atomic mass is 10.1. The van der Waals surface area contributed by atoms with Gasteiger partial charge in [0.25, 0.3) is 5.91 Å². The van der Waals surface area contributed by atoms with Crippen LogP contribution in [0.1, 0.15) is 16.8 Å². The summed E-state index contributed by atoms with van der Waals surface area (Å²) in [6, 6.07) is 10.9. The smallest absolute Gasteiger partial charge is 0.252 e. The zero-order chi connectivity index (χ0) is 15.9. The van der Waals surface area contributed by atoms with E-state index in [0.717, 1.165) is 11.3 Å². The van der Waals surface area contributed by atoms with Crippen molar-refractivity contribution in [3.63, 3.8) is 0 Å². The average Bonchev–Trinajstić information content (AvgIpc) is 2.52. The van der Waals surface area contributed by atoms with Gasteiger partial charge < -0.3 is 5.32 Å². The van der Waals surface area contributed by atoms with E-state index in [2.05, 4.69) is 10.3 Å². The summed E-state index contributed by atoms with van der Waals surface area (Å²) < 4.78 is 11.0. The van der Waals surface area contributed by atoms with Crippen molar-refractivity contribution in [3.05, 3.63) is 53.2 Å². The summed E-state index contributed by atoms with van der Waals surface area (Å²) in [5.74, 6) is 0.340. The predicted molar refractivity (Wildman–Crippen MR) is 90.6 cm³/mol. The van der Waals surface area contributed by atoms with Crippen LogP contribution in [0.2, 0.25) is 5.02 Å². The van der Waals surface area contributed by atoms with Gasteiger partial charge in [0.2, 0.25) is 0 Å². The number of nitrogens with one attached hydrogen (secondary N) is 1. The van der Waals surface area contributed by atoms with Crippen molar-refractivity contribution < 1.29 is 9.00 Å². The molecule has 0 aliphatic rings. The van der Waals surface area contributed by atoms with Crippen LogP contribution in [-0.4, -0.2) is 33.7 Å². The molecule has 2 rings (SSSR count). The Labute approximate surface area is 137 Å². The van der Waals surface area contributed by atoms with E-state index in [9.17, 15) is 9.00 Å². The molecule has 0 saturated carbocycles. The molecule has 0 fully saturated rings. The first-order valence-electron chi connectivity index (χ1n) is 6.87. The maximum atomic E-state index is 12.2. The SMILES string of the molecule is C[S@@](=O)CCCNC(=O)c1cc(-c2ccccn2)ccc1Cl. The van der Waals surface area contributed by atoms with Crippen LogP contribution in [0.5, 0.6) is 0 Å². The minimum atomic E-state index is -0.843. The van der Waals surface area contributed by atoms with Gasteiger partial charge in [0.15, 0.2) is 0 Å². The molecule has 22 heavy (non-hydrogen) atoms. The van der Waals surface area contributed by atoms with Gasteiger partial charge in [0, 0.05) is 41.1 Å². The number of aromatic nitrogens is 1. The maximum Gasteiger partial charge on any atom is 0.252 e. The predicted octanol–water partition coefficient (Wildman–Crippen LogP) is 2.90. The van der Waals surface area contributed by atoms with E-state index >= 15 is 0 Å². The zero-order valence-electron chi connectivity index (χ0n) is 12.2. The lowest BCUT2D eigenvalue weighted by Gasteiger charge is -2.08. The second kappa shape index (κ2) is 8.06. The highest BCUT2D eigenvalue weighted by molar-refractivity contribution is 7.84. The van der Waals surface area contributed by atoms with Gasteiger partial charge in [0.1, 0.15) is 0 Å². The summed E-state index contributed by atoms with van der Waals surface area (Å²) >= 11 is 6.11. The molecule has 1 atom stereocenters. The molecule has 1 heterocycles. The third-order valence-corrected chi connectivity index (χ3v) is 4.26. The van der Waals surface area contributed by atoms with Gasteiger partial charge >= 0.3 is 0 Å². The Hall–Kier alpha value is -1.72. The van der Waals surface area contributed by atoms with Gasteiger partial charge in [-0.25, -0.2) is 0 Å². The molecule has 1 N–H and O–H groups in total. The van der Waals surface area contributed by atoms with E-state index in [-0.39, 0.29) is 5.91 Å². The molecule has 0 saturated heterocycles. The van der Waals surface area contributed by atoms with Gasteiger partial charge in [-0.2, -0.15) is 0 Å². The normalized spacial score (nSPS) is 11.9. The monoisotopic (exact) mass is 336 g/mol. The van der Waals surface area contributed by atoms with E-state index in [0.29, 0.717) is 29.3 Å². The van der Waals surface area contributed by atoms with Crippen molar-refractivity contribution in [2.45, 2.75) is 6.42 Å². The Morgan fingerprint density at radius 2 is 2.14 bits per heavy atom. The molecular weight excluding hydrogens is 320 g/mol. The largest absolute Gasteiger partial charge is 0.352 e. The fraction of sp³-hybridized carbons (Fsp3) is 0.250. The van der Waals surface area contributed by atoms with Crippen LogP contribution in [0.3, 0.4) is 0 Å². The standard InChI is InChI=1S/C16H17ClN2O2S/c1-22(21)10-4-9-19-16(20)13-11-12(6-7-14(13)17)15-5-2-3-8-18-15/h2-3,5-8,11H,4,9-10H2,1H3,(H,19,20)/t22-/m1/s1. The molecule has 116 valence electrons. The third-order valence-electron chi connectivity index (χ3n) is 3.07. The van der Waals surface area contributed by atoms with Crippen LogP contribution in [0.4, 0.5) is 0 Å². The van der Waals surface area contributed by atoms with Gasteiger partial charge in [-0.15, -0.1) is 0 Å². The first-order valence-corrected chi connectivity index (χ1v) is 8.97. The van der Waals surface area contributed by atoms with Crippen LogP contribution in [-0.2, 0) is 10.8 Å². The molecule has 1 aromatic carbocycles. The lowest BCUT2D eigenvalue weighted by molar-refractivity contribution is 0.0954. The topological polar surface area (TPSA) is 59.1 Å². The van der Waals surface area contributed by atoms with Gasteiger partial charge in [0.05, 0.1) is 16.3 Å². The van der Waals surface area contributed by atoms with Crippen LogP contribution in [0, 0.1) is 0 Å². The number of halogens is 1. The molecule has 4 nitrogen and oxygen atoms in total. The number of rotatable bonds is 6. The Balaban J connectivity index is 2.10. The highest BCUT2D eigenvalue weighted by Crippen LogP contribution is 2.23. The van der Waals surface area contributed by atoms with Crippen molar-refractivity contribution in [1.29, 1.82) is 0 Å². The number of hydrogen-bond donors (Lipinski definition) is 1. The maximum absolute atomic E-state index is 12.2. The van der Waals surface area contributed by atoms with E-state index < -0.39 is 10.8 Å². The average molecular weight is 337 g/mol. The minimum absolute atomic E-state index is 0.232. The van der Waals surface area contributed by atoms with E-state index in [1.165, 1.54) is 0 Å². The molecule has 2 aromatic rings. The highest BCUT2D eigenvalue weighted by Gasteiger charge is 2.12. The second-order valence-corrected chi connectivity index (χ2v) is 6.76. The quantitative estimate of drug-likeness (QED) is 0.825. The van der Waals surface area contributed by atoms with Gasteiger partial charge in [-0.05, 0) is 30.7 Å². The number of carbonyl (C=O) groups excluding carboxylic acids is 1. The fourth-order valence-electron chi connectivity index (χ4n) is 1.96. The Morgan fingerprint density at radius 3 is 2.82 bits per heavy atom. The van der Waals surface area contributed by atoms with Crippen LogP contribution in [0.15, 0.2) is 42.6 Å². The van der Waals surface area contributed by atoms with Gasteiger partial charge in [-0.3, -0.25) is 14.0 Å². The summed E-state index contributed by atoms with van der Waals surface area (Å²) in [4.78, 5) is 16.5. The molecule has 0 aliphatic carbocycles. The summed E-state index contributed by atoms with van der Waals surface area (Å²) in [5.41, 5.74) is 2.04. The highest BCUT2D eigenvalue weighted by atomic mass is 35.5. The molecule has 0 aliphatic heterocycles. The number of benzene rings is 1. The number of pyridine rings is 1. The van der Waals surface area contributed by atoms with Crippen molar-refractivity contribution in [1.82, 2.24) is 10.3 Å². The Bertz CT molecular complexity index is 677. The molecule has 0 spiro atoms. The molecule has 1 aromatic heterocycles. The van der Waals surface area contributed by atoms with E-state index in [4.69, 9.17) is 11.6 Å². The second-order valence-electron chi connectivity index (χ2n) is 4.80. The first-order chi connectivity index (χ1) is 10.6. The summed E-state index contributed by atoms with van der Waals surface area (Å²) in [7, 11) is -0.843. The van der Waals surface area contributed by atoms with Crippen molar-refractivity contribution in [2.75, 3.05) is 18.6 Å². The summed E-state index contributed by atoms with van der Waals surface area (Å²) in [6.45, 7) is 0.475. The van der Waals surface area contributed by atoms with Crippen LogP contribution < -0.4 is 5.32 Å². The number of nitrogens with zero attached hydrogens (tertiary/aromatic N) is 1. The third kappa shape index (κ3) is 4.64. The summed E-state index contributed by atoms with van der Waals surface area (Å²) in [5, 5.41) is 3.19. The lowest BCUT2D eigenvalue weighted by Crippen LogP contribution is -2.25. The molecular formula is C16H17ClN2O2S. The zero-order valence-corrected chi connectivity index (χ0v) is 13.8. The molecule has 0 unspecified atom stereocenters. The first kappa shape index (κ1) is 16.6. The molecule has 6 heteroatoms. The van der Waals surface area contributed by atoms with Crippen LogP contribution in [0.25, 0.3) is 11.3 Å². The summed E-state index contributed by atoms with van der Waals surface area (Å²) in [6.07, 6.45) is 4.02. The number of carbonyl (C=O) groups is 1. The van der Waals surface area contributed by atoms with Crippen molar-refractivity contribution >= 4 is 28.3 Å². The number of amides is 1.